The number of halogens is 1. The van der Waals surface area contributed by atoms with Crippen LogP contribution in [0.1, 0.15) is 56.5 Å². The van der Waals surface area contributed by atoms with Crippen LogP contribution in [0.4, 0.5) is 10.1 Å². The molecule has 2 rings (SSSR count). The zero-order valence-corrected chi connectivity index (χ0v) is 22.1. The van der Waals surface area contributed by atoms with Gasteiger partial charge in [0.15, 0.2) is 5.78 Å². The Hall–Kier alpha value is -3.27. The molecule has 0 aliphatic rings. The van der Waals surface area contributed by atoms with Crippen molar-refractivity contribution in [3.63, 3.8) is 0 Å². The van der Waals surface area contributed by atoms with Crippen LogP contribution in [0.15, 0.2) is 48.5 Å². The number of nitrogens with zero attached hydrogens (tertiary/aromatic N) is 2. The van der Waals surface area contributed by atoms with Gasteiger partial charge >= 0.3 is 0 Å². The minimum Gasteiger partial charge on any atom is -0.352 e. The highest BCUT2D eigenvalue weighted by atomic mass is 32.2. The molecule has 0 saturated heterocycles. The summed E-state index contributed by atoms with van der Waals surface area (Å²) in [6.45, 7) is 6.31. The number of rotatable bonds is 12. The highest BCUT2D eigenvalue weighted by Gasteiger charge is 2.32. The minimum atomic E-state index is -3.92. The Kier molecular flexibility index (Phi) is 10.2. The highest BCUT2D eigenvalue weighted by molar-refractivity contribution is 7.92. The number of benzene rings is 2. The van der Waals surface area contributed by atoms with Crippen molar-refractivity contribution in [2.24, 2.45) is 0 Å². The number of amides is 2. The van der Waals surface area contributed by atoms with Crippen LogP contribution < -0.4 is 9.62 Å². The molecule has 0 unspecified atom stereocenters. The Morgan fingerprint density at radius 3 is 2.19 bits per heavy atom. The monoisotopic (exact) mass is 519 g/mol. The van der Waals surface area contributed by atoms with Gasteiger partial charge in [0.1, 0.15) is 18.4 Å². The first-order valence-corrected chi connectivity index (χ1v) is 13.6. The molecule has 2 aromatic rings. The van der Waals surface area contributed by atoms with E-state index in [0.29, 0.717) is 17.5 Å². The fourth-order valence-electron chi connectivity index (χ4n) is 3.64. The molecule has 0 aromatic heterocycles. The van der Waals surface area contributed by atoms with Crippen molar-refractivity contribution < 1.29 is 27.2 Å². The molecular formula is C26H34FN3O5S. The maximum absolute atomic E-state index is 13.6. The summed E-state index contributed by atoms with van der Waals surface area (Å²) in [5.41, 5.74) is 1.05. The van der Waals surface area contributed by atoms with Gasteiger partial charge in [0.2, 0.25) is 21.8 Å². The van der Waals surface area contributed by atoms with Gasteiger partial charge in [-0.3, -0.25) is 18.7 Å². The second-order valence-corrected chi connectivity index (χ2v) is 10.7. The minimum absolute atomic E-state index is 0.0172. The number of nitrogens with one attached hydrogen (secondary N) is 1. The molecule has 0 bridgehead atoms. The molecule has 10 heteroatoms. The highest BCUT2D eigenvalue weighted by Crippen LogP contribution is 2.21. The van der Waals surface area contributed by atoms with Gasteiger partial charge in [-0.15, -0.1) is 0 Å². The van der Waals surface area contributed by atoms with Crippen LogP contribution in [0.2, 0.25) is 0 Å². The van der Waals surface area contributed by atoms with Crippen LogP contribution in [-0.2, 0) is 26.2 Å². The lowest BCUT2D eigenvalue weighted by atomic mass is 10.1. The molecule has 0 spiro atoms. The van der Waals surface area contributed by atoms with Crippen molar-refractivity contribution in [1.82, 2.24) is 10.2 Å². The third-order valence-electron chi connectivity index (χ3n) is 5.87. The van der Waals surface area contributed by atoms with E-state index in [-0.39, 0.29) is 36.4 Å². The smallest absolute Gasteiger partial charge is 0.244 e. The lowest BCUT2D eigenvalue weighted by Crippen LogP contribution is -2.53. The van der Waals surface area contributed by atoms with Crippen molar-refractivity contribution in [2.45, 2.75) is 59.2 Å². The largest absolute Gasteiger partial charge is 0.352 e. The Labute approximate surface area is 212 Å². The van der Waals surface area contributed by atoms with Gasteiger partial charge in [-0.1, -0.05) is 38.1 Å². The Morgan fingerprint density at radius 2 is 1.67 bits per heavy atom. The van der Waals surface area contributed by atoms with Gasteiger partial charge < -0.3 is 10.2 Å². The van der Waals surface area contributed by atoms with Crippen molar-refractivity contribution in [3.8, 4) is 0 Å². The van der Waals surface area contributed by atoms with E-state index in [1.54, 1.807) is 19.1 Å². The second kappa shape index (κ2) is 12.6. The third kappa shape index (κ3) is 7.87. The molecule has 0 saturated carbocycles. The van der Waals surface area contributed by atoms with Crippen molar-refractivity contribution in [1.29, 1.82) is 0 Å². The zero-order chi connectivity index (χ0) is 27.0. The van der Waals surface area contributed by atoms with Gasteiger partial charge in [0, 0.05) is 18.2 Å². The molecule has 0 aliphatic carbocycles. The first-order chi connectivity index (χ1) is 16.9. The Balaban J connectivity index is 2.47. The van der Waals surface area contributed by atoms with E-state index < -0.39 is 34.3 Å². The van der Waals surface area contributed by atoms with Gasteiger partial charge in [0.05, 0.1) is 11.9 Å². The summed E-state index contributed by atoms with van der Waals surface area (Å²) in [5.74, 6) is -1.65. The van der Waals surface area contributed by atoms with E-state index in [1.807, 2.05) is 13.8 Å². The molecule has 0 aliphatic heterocycles. The first kappa shape index (κ1) is 29.0. The first-order valence-electron chi connectivity index (χ1n) is 11.8. The summed E-state index contributed by atoms with van der Waals surface area (Å²) >= 11 is 0. The molecule has 36 heavy (non-hydrogen) atoms. The summed E-state index contributed by atoms with van der Waals surface area (Å²) in [6, 6.07) is 10.6. The average Bonchev–Trinajstić information content (AvgIpc) is 2.82. The van der Waals surface area contributed by atoms with Crippen LogP contribution in [0.3, 0.4) is 0 Å². The van der Waals surface area contributed by atoms with Crippen LogP contribution in [0.25, 0.3) is 0 Å². The number of carbonyl (C=O) groups is 3. The molecular weight excluding hydrogens is 485 g/mol. The van der Waals surface area contributed by atoms with Gasteiger partial charge in [-0.25, -0.2) is 12.8 Å². The van der Waals surface area contributed by atoms with E-state index in [9.17, 15) is 27.2 Å². The normalized spacial score (nSPS) is 12.9. The standard InChI is InChI=1S/C26H34FN3O5S/c1-6-18(3)28-26(33)24(7-2)29(16-20-11-13-22(27)14-12-20)25(32)17-30(36(5,34)35)23-10-8-9-21(15-23)19(4)31/h8-15,18,24H,6-7,16-17H2,1-5H3,(H,28,33)/t18-,24-/m0/s1. The van der Waals surface area contributed by atoms with Gasteiger partial charge in [-0.05, 0) is 56.5 Å². The Bertz CT molecular complexity index is 1180. The summed E-state index contributed by atoms with van der Waals surface area (Å²) < 4.78 is 39.7. The van der Waals surface area contributed by atoms with E-state index in [2.05, 4.69) is 5.32 Å². The number of carbonyl (C=O) groups excluding carboxylic acids is 3. The molecule has 2 atom stereocenters. The number of ketones is 1. The van der Waals surface area contributed by atoms with Gasteiger partial charge in [-0.2, -0.15) is 0 Å². The Morgan fingerprint density at radius 1 is 1.03 bits per heavy atom. The van der Waals surface area contributed by atoms with Gasteiger partial charge in [0.25, 0.3) is 0 Å². The maximum Gasteiger partial charge on any atom is 0.244 e. The zero-order valence-electron chi connectivity index (χ0n) is 21.3. The fraction of sp³-hybridized carbons (Fsp3) is 0.423. The fourth-order valence-corrected chi connectivity index (χ4v) is 4.48. The second-order valence-electron chi connectivity index (χ2n) is 8.77. The van der Waals surface area contributed by atoms with E-state index in [4.69, 9.17) is 0 Å². The predicted molar refractivity (Wildman–Crippen MR) is 138 cm³/mol. The van der Waals surface area contributed by atoms with E-state index in [1.165, 1.54) is 48.2 Å². The molecule has 0 radical (unpaired) electrons. The quantitative estimate of drug-likeness (QED) is 0.432. The van der Waals surface area contributed by atoms with Crippen LogP contribution >= 0.6 is 0 Å². The summed E-state index contributed by atoms with van der Waals surface area (Å²) in [4.78, 5) is 39.8. The number of sulfonamides is 1. The lowest BCUT2D eigenvalue weighted by molar-refractivity contribution is -0.140. The number of Topliss-reactive ketones (excluding diaryl/α,β-unsaturated/α-hetero) is 1. The molecule has 2 aromatic carbocycles. The van der Waals surface area contributed by atoms with Crippen molar-refractivity contribution >= 4 is 33.3 Å². The van der Waals surface area contributed by atoms with E-state index in [0.717, 1.165) is 10.6 Å². The number of anilines is 1. The maximum atomic E-state index is 13.6. The average molecular weight is 520 g/mol. The summed E-state index contributed by atoms with van der Waals surface area (Å²) in [7, 11) is -3.92. The molecule has 0 fully saturated rings. The molecule has 8 nitrogen and oxygen atoms in total. The van der Waals surface area contributed by atoms with Crippen LogP contribution in [0, 0.1) is 5.82 Å². The lowest BCUT2D eigenvalue weighted by Gasteiger charge is -2.33. The summed E-state index contributed by atoms with van der Waals surface area (Å²) in [6.07, 6.45) is 1.95. The third-order valence-corrected chi connectivity index (χ3v) is 7.01. The summed E-state index contributed by atoms with van der Waals surface area (Å²) in [5, 5.41) is 2.88. The molecule has 196 valence electrons. The number of hydrogen-bond donors (Lipinski definition) is 1. The van der Waals surface area contributed by atoms with Crippen LogP contribution in [-0.4, -0.2) is 55.8 Å². The van der Waals surface area contributed by atoms with E-state index >= 15 is 0 Å². The van der Waals surface area contributed by atoms with Crippen LogP contribution in [0.5, 0.6) is 0 Å². The SMILES string of the molecule is CC[C@H](C)NC(=O)[C@H](CC)N(Cc1ccc(F)cc1)C(=O)CN(c1cccc(C(C)=O)c1)S(C)(=O)=O. The van der Waals surface area contributed by atoms with Crippen molar-refractivity contribution in [3.05, 3.63) is 65.5 Å². The molecule has 0 heterocycles. The topological polar surface area (TPSA) is 104 Å². The number of hydrogen-bond acceptors (Lipinski definition) is 5. The van der Waals surface area contributed by atoms with Crippen molar-refractivity contribution in [2.75, 3.05) is 17.1 Å². The molecule has 2 amide bonds. The molecule has 1 N–H and O–H groups in total. The predicted octanol–water partition coefficient (Wildman–Crippen LogP) is 3.52.